The minimum atomic E-state index is 0.179. The smallest absolute Gasteiger partial charge is 0.0958 e. The highest BCUT2D eigenvalue weighted by Crippen LogP contribution is 2.21. The maximum atomic E-state index is 5.83. The first kappa shape index (κ1) is 10.2. The number of nitrogens with zero attached hydrogens (tertiary/aromatic N) is 2. The van der Waals surface area contributed by atoms with Gasteiger partial charge in [0.15, 0.2) is 0 Å². The zero-order valence-corrected chi connectivity index (χ0v) is 9.49. The Morgan fingerprint density at radius 1 is 1.47 bits per heavy atom. The van der Waals surface area contributed by atoms with Crippen LogP contribution in [0.3, 0.4) is 0 Å². The molecule has 0 saturated carbocycles. The zero-order valence-electron chi connectivity index (χ0n) is 9.49. The van der Waals surface area contributed by atoms with Crippen molar-refractivity contribution < 1.29 is 0 Å². The van der Waals surface area contributed by atoms with E-state index in [1.54, 1.807) is 0 Å². The van der Waals surface area contributed by atoms with Crippen LogP contribution in [0.5, 0.6) is 0 Å². The minimum Gasteiger partial charge on any atom is -0.328 e. The first-order valence-corrected chi connectivity index (χ1v) is 5.26. The van der Waals surface area contributed by atoms with Crippen LogP contribution in [0, 0.1) is 6.92 Å². The van der Waals surface area contributed by atoms with Crippen molar-refractivity contribution in [3.63, 3.8) is 0 Å². The standard InChI is InChI=1S/C12H17N3/c1-8(13)7-10-5-4-6-11-9(2)15(3)14-12(10)11/h4-6,8H,7,13H2,1-3H3. The molecular formula is C12H17N3. The second-order valence-electron chi connectivity index (χ2n) is 4.20. The van der Waals surface area contributed by atoms with Gasteiger partial charge in [0.05, 0.1) is 5.52 Å². The summed E-state index contributed by atoms with van der Waals surface area (Å²) < 4.78 is 1.93. The normalized spacial score (nSPS) is 13.3. The first-order valence-electron chi connectivity index (χ1n) is 5.26. The molecule has 0 bridgehead atoms. The summed E-state index contributed by atoms with van der Waals surface area (Å²) >= 11 is 0. The highest BCUT2D eigenvalue weighted by Gasteiger charge is 2.09. The fourth-order valence-corrected chi connectivity index (χ4v) is 1.91. The summed E-state index contributed by atoms with van der Waals surface area (Å²) in [5, 5.41) is 5.76. The van der Waals surface area contributed by atoms with Gasteiger partial charge >= 0.3 is 0 Å². The number of aromatic nitrogens is 2. The molecule has 0 aliphatic heterocycles. The first-order chi connectivity index (χ1) is 7.09. The van der Waals surface area contributed by atoms with Gasteiger partial charge in [-0.2, -0.15) is 5.10 Å². The Morgan fingerprint density at radius 3 is 2.87 bits per heavy atom. The maximum Gasteiger partial charge on any atom is 0.0958 e. The summed E-state index contributed by atoms with van der Waals surface area (Å²) in [6.07, 6.45) is 0.883. The molecule has 0 saturated heterocycles. The van der Waals surface area contributed by atoms with Crippen LogP contribution in [0.15, 0.2) is 18.2 Å². The second-order valence-corrected chi connectivity index (χ2v) is 4.20. The van der Waals surface area contributed by atoms with Gasteiger partial charge in [-0.1, -0.05) is 18.2 Å². The minimum absolute atomic E-state index is 0.179. The van der Waals surface area contributed by atoms with Crippen molar-refractivity contribution in [2.45, 2.75) is 26.3 Å². The largest absolute Gasteiger partial charge is 0.328 e. The monoisotopic (exact) mass is 203 g/mol. The molecule has 0 fully saturated rings. The van der Waals surface area contributed by atoms with E-state index < -0.39 is 0 Å². The van der Waals surface area contributed by atoms with Crippen molar-refractivity contribution in [1.29, 1.82) is 0 Å². The third-order valence-electron chi connectivity index (χ3n) is 2.79. The fourth-order valence-electron chi connectivity index (χ4n) is 1.91. The molecule has 1 heterocycles. The number of benzene rings is 1. The third-order valence-corrected chi connectivity index (χ3v) is 2.79. The van der Waals surface area contributed by atoms with Crippen molar-refractivity contribution in [1.82, 2.24) is 9.78 Å². The van der Waals surface area contributed by atoms with E-state index in [4.69, 9.17) is 5.73 Å². The van der Waals surface area contributed by atoms with Crippen LogP contribution in [0.25, 0.3) is 10.9 Å². The molecule has 2 N–H and O–H groups in total. The van der Waals surface area contributed by atoms with E-state index in [1.807, 2.05) is 18.7 Å². The van der Waals surface area contributed by atoms with Crippen molar-refractivity contribution in [3.8, 4) is 0 Å². The van der Waals surface area contributed by atoms with Crippen LogP contribution in [-0.4, -0.2) is 15.8 Å². The lowest BCUT2D eigenvalue weighted by Gasteiger charge is -2.05. The molecule has 80 valence electrons. The van der Waals surface area contributed by atoms with E-state index in [9.17, 15) is 0 Å². The Labute approximate surface area is 89.9 Å². The Bertz CT molecular complexity index is 483. The average Bonchev–Trinajstić information content (AvgIpc) is 2.45. The topological polar surface area (TPSA) is 43.8 Å². The molecule has 0 aliphatic carbocycles. The van der Waals surface area contributed by atoms with Gasteiger partial charge < -0.3 is 5.73 Å². The molecule has 15 heavy (non-hydrogen) atoms. The van der Waals surface area contributed by atoms with Crippen LogP contribution in [0.4, 0.5) is 0 Å². The van der Waals surface area contributed by atoms with Gasteiger partial charge in [-0.05, 0) is 25.8 Å². The van der Waals surface area contributed by atoms with E-state index in [0.29, 0.717) is 0 Å². The van der Waals surface area contributed by atoms with Gasteiger partial charge in [-0.15, -0.1) is 0 Å². The van der Waals surface area contributed by atoms with E-state index >= 15 is 0 Å². The summed E-state index contributed by atoms with van der Waals surface area (Å²) in [5.74, 6) is 0. The van der Waals surface area contributed by atoms with E-state index in [2.05, 4.69) is 30.2 Å². The number of aryl methyl sites for hydroxylation is 2. The molecule has 1 aromatic carbocycles. The van der Waals surface area contributed by atoms with Crippen LogP contribution in [0.1, 0.15) is 18.2 Å². The lowest BCUT2D eigenvalue weighted by Crippen LogP contribution is -2.17. The van der Waals surface area contributed by atoms with E-state index in [1.165, 1.54) is 16.6 Å². The van der Waals surface area contributed by atoms with Crippen LogP contribution in [-0.2, 0) is 13.5 Å². The molecule has 1 aromatic heterocycles. The molecule has 3 nitrogen and oxygen atoms in total. The number of nitrogens with two attached hydrogens (primary N) is 1. The van der Waals surface area contributed by atoms with Crippen molar-refractivity contribution >= 4 is 10.9 Å². The van der Waals surface area contributed by atoms with E-state index in [0.717, 1.165) is 11.9 Å². The molecule has 0 aliphatic rings. The Kier molecular flexibility index (Phi) is 2.49. The van der Waals surface area contributed by atoms with Gasteiger partial charge in [-0.25, -0.2) is 0 Å². The second kappa shape index (κ2) is 3.66. The Hall–Kier alpha value is -1.35. The van der Waals surface area contributed by atoms with Crippen LogP contribution < -0.4 is 5.73 Å². The number of rotatable bonds is 2. The molecule has 0 amide bonds. The van der Waals surface area contributed by atoms with Crippen molar-refractivity contribution in [3.05, 3.63) is 29.5 Å². The fraction of sp³-hybridized carbons (Fsp3) is 0.417. The summed E-state index contributed by atoms with van der Waals surface area (Å²) in [7, 11) is 1.98. The van der Waals surface area contributed by atoms with Gasteiger partial charge in [-0.3, -0.25) is 4.68 Å². The van der Waals surface area contributed by atoms with Gasteiger partial charge in [0, 0.05) is 24.2 Å². The van der Waals surface area contributed by atoms with Crippen LogP contribution >= 0.6 is 0 Å². The van der Waals surface area contributed by atoms with Gasteiger partial charge in [0.25, 0.3) is 0 Å². The van der Waals surface area contributed by atoms with Crippen molar-refractivity contribution in [2.24, 2.45) is 12.8 Å². The summed E-state index contributed by atoms with van der Waals surface area (Å²) in [6.45, 7) is 4.11. The molecule has 1 unspecified atom stereocenters. The predicted octanol–water partition coefficient (Wildman–Crippen LogP) is 1.77. The van der Waals surface area contributed by atoms with E-state index in [-0.39, 0.29) is 6.04 Å². The Morgan fingerprint density at radius 2 is 2.20 bits per heavy atom. The molecule has 0 spiro atoms. The average molecular weight is 203 g/mol. The SMILES string of the molecule is Cc1c2cccc(CC(C)N)c2nn1C. The maximum absolute atomic E-state index is 5.83. The lowest BCUT2D eigenvalue weighted by molar-refractivity contribution is 0.730. The number of hydrogen-bond acceptors (Lipinski definition) is 2. The van der Waals surface area contributed by atoms with Gasteiger partial charge in [0.2, 0.25) is 0 Å². The molecule has 2 rings (SSSR count). The molecule has 1 atom stereocenters. The highest BCUT2D eigenvalue weighted by atomic mass is 15.3. The Balaban J connectivity index is 2.61. The molecule has 3 heteroatoms. The highest BCUT2D eigenvalue weighted by molar-refractivity contribution is 5.84. The number of hydrogen-bond donors (Lipinski definition) is 1. The van der Waals surface area contributed by atoms with Gasteiger partial charge in [0.1, 0.15) is 0 Å². The van der Waals surface area contributed by atoms with Crippen LogP contribution in [0.2, 0.25) is 0 Å². The summed E-state index contributed by atoms with van der Waals surface area (Å²) in [4.78, 5) is 0. The number of fused-ring (bicyclic) bond motifs is 1. The van der Waals surface area contributed by atoms with Crippen molar-refractivity contribution in [2.75, 3.05) is 0 Å². The lowest BCUT2D eigenvalue weighted by atomic mass is 10.0. The zero-order chi connectivity index (χ0) is 11.0. The quantitative estimate of drug-likeness (QED) is 0.808. The molecule has 2 aromatic rings. The summed E-state index contributed by atoms with van der Waals surface area (Å²) in [5.41, 5.74) is 9.37. The summed E-state index contributed by atoms with van der Waals surface area (Å²) in [6, 6.07) is 6.48. The molecule has 0 radical (unpaired) electrons. The predicted molar refractivity (Wildman–Crippen MR) is 62.8 cm³/mol. The third kappa shape index (κ3) is 1.75. The molecular weight excluding hydrogens is 186 g/mol.